The Morgan fingerprint density at radius 1 is 1.20 bits per heavy atom. The molecule has 20 heavy (non-hydrogen) atoms. The van der Waals surface area contributed by atoms with Gasteiger partial charge in [-0.3, -0.25) is 4.21 Å². The van der Waals surface area contributed by atoms with Crippen LogP contribution in [-0.4, -0.2) is 15.3 Å². The van der Waals surface area contributed by atoms with Crippen LogP contribution in [0.2, 0.25) is 0 Å². The van der Waals surface area contributed by atoms with Crippen molar-refractivity contribution in [3.05, 3.63) is 59.0 Å². The Hall–Kier alpha value is -2.39. The van der Waals surface area contributed by atoms with Crippen molar-refractivity contribution in [2.24, 2.45) is 0 Å². The van der Waals surface area contributed by atoms with Crippen LogP contribution in [0.25, 0.3) is 0 Å². The number of hydrogen-bond donors (Lipinski definition) is 1. The molecule has 1 aromatic heterocycles. The van der Waals surface area contributed by atoms with Crippen LogP contribution in [0, 0.1) is 11.3 Å². The van der Waals surface area contributed by atoms with Crippen molar-refractivity contribution in [1.29, 1.82) is 5.26 Å². The molecule has 1 unspecified atom stereocenters. The van der Waals surface area contributed by atoms with E-state index in [1.807, 2.05) is 6.07 Å². The molecular weight excluding hydrogens is 278 g/mol. The number of carboxylic acid groups (broad SMARTS) is 1. The highest BCUT2D eigenvalue weighted by Crippen LogP contribution is 2.13. The van der Waals surface area contributed by atoms with Crippen LogP contribution in [0.5, 0.6) is 0 Å². The lowest BCUT2D eigenvalue weighted by atomic mass is 10.2. The predicted octanol–water partition coefficient (Wildman–Crippen LogP) is 2.30. The number of benzene rings is 1. The largest absolute Gasteiger partial charge is 0.475 e. The number of nitriles is 1. The third kappa shape index (κ3) is 3.56. The third-order valence-corrected chi connectivity index (χ3v) is 3.85. The molecule has 0 amide bonds. The standard InChI is InChI=1S/C14H11NO4S/c15-7-10-1-3-11(4-2-10)8-20(18)9-12-5-6-13(19-12)14(16)17/h1-6H,8-9H2,(H,16,17). The minimum atomic E-state index is -1.20. The highest BCUT2D eigenvalue weighted by atomic mass is 32.2. The van der Waals surface area contributed by atoms with E-state index in [1.165, 1.54) is 12.1 Å². The predicted molar refractivity (Wildman–Crippen MR) is 72.4 cm³/mol. The van der Waals surface area contributed by atoms with Gasteiger partial charge in [0.1, 0.15) is 5.76 Å². The Morgan fingerprint density at radius 2 is 1.90 bits per heavy atom. The smallest absolute Gasteiger partial charge is 0.371 e. The summed E-state index contributed by atoms with van der Waals surface area (Å²) in [6.07, 6.45) is 0. The number of rotatable bonds is 5. The molecule has 0 saturated heterocycles. The molecule has 0 aliphatic carbocycles. The summed E-state index contributed by atoms with van der Waals surface area (Å²) in [6.45, 7) is 0. The van der Waals surface area contributed by atoms with E-state index >= 15 is 0 Å². The first-order valence-electron chi connectivity index (χ1n) is 5.74. The van der Waals surface area contributed by atoms with Gasteiger partial charge in [-0.05, 0) is 29.8 Å². The third-order valence-electron chi connectivity index (χ3n) is 2.59. The second-order valence-electron chi connectivity index (χ2n) is 4.11. The van der Waals surface area contributed by atoms with Gasteiger partial charge in [0.05, 0.1) is 17.4 Å². The Balaban J connectivity index is 1.97. The van der Waals surface area contributed by atoms with Crippen molar-refractivity contribution in [2.45, 2.75) is 11.5 Å². The van der Waals surface area contributed by atoms with Crippen LogP contribution >= 0.6 is 0 Å². The van der Waals surface area contributed by atoms with E-state index in [4.69, 9.17) is 14.8 Å². The Labute approximate surface area is 117 Å². The summed E-state index contributed by atoms with van der Waals surface area (Å²) < 4.78 is 17.0. The average Bonchev–Trinajstić information content (AvgIpc) is 2.88. The molecule has 5 nitrogen and oxygen atoms in total. The van der Waals surface area contributed by atoms with E-state index < -0.39 is 16.8 Å². The highest BCUT2D eigenvalue weighted by molar-refractivity contribution is 7.83. The van der Waals surface area contributed by atoms with Crippen LogP contribution in [-0.2, 0) is 22.3 Å². The van der Waals surface area contributed by atoms with Gasteiger partial charge in [0.25, 0.3) is 0 Å². The van der Waals surface area contributed by atoms with Crippen LogP contribution in [0.3, 0.4) is 0 Å². The Morgan fingerprint density at radius 3 is 2.45 bits per heavy atom. The first-order valence-corrected chi connectivity index (χ1v) is 7.23. The lowest BCUT2D eigenvalue weighted by Gasteiger charge is -2.01. The molecule has 2 aromatic rings. The molecule has 1 heterocycles. The van der Waals surface area contributed by atoms with Crippen molar-refractivity contribution in [1.82, 2.24) is 0 Å². The average molecular weight is 289 g/mol. The summed E-state index contributed by atoms with van der Waals surface area (Å²) in [5, 5.41) is 17.4. The lowest BCUT2D eigenvalue weighted by Crippen LogP contribution is -1.99. The SMILES string of the molecule is N#Cc1ccc(CS(=O)Cc2ccc(C(=O)O)o2)cc1. The molecule has 0 spiro atoms. The molecule has 0 saturated carbocycles. The fourth-order valence-corrected chi connectivity index (χ4v) is 2.78. The van der Waals surface area contributed by atoms with Crippen molar-refractivity contribution in [3.8, 4) is 6.07 Å². The zero-order valence-corrected chi connectivity index (χ0v) is 11.2. The van der Waals surface area contributed by atoms with E-state index in [0.29, 0.717) is 17.1 Å². The van der Waals surface area contributed by atoms with Gasteiger partial charge in [-0.2, -0.15) is 5.26 Å². The maximum atomic E-state index is 12.0. The van der Waals surface area contributed by atoms with E-state index in [-0.39, 0.29) is 11.5 Å². The van der Waals surface area contributed by atoms with Crippen molar-refractivity contribution < 1.29 is 18.5 Å². The number of nitrogens with zero attached hydrogens (tertiary/aromatic N) is 1. The quantitative estimate of drug-likeness (QED) is 0.911. The summed E-state index contributed by atoms with van der Waals surface area (Å²) in [5.74, 6) is -0.430. The lowest BCUT2D eigenvalue weighted by molar-refractivity contribution is 0.0661. The molecule has 1 N–H and O–H groups in total. The second kappa shape index (κ2) is 6.17. The highest BCUT2D eigenvalue weighted by Gasteiger charge is 2.11. The minimum absolute atomic E-state index is 0.157. The molecule has 0 bridgehead atoms. The topological polar surface area (TPSA) is 91.3 Å². The molecule has 2 rings (SSSR count). The molecule has 102 valence electrons. The summed E-state index contributed by atoms with van der Waals surface area (Å²) >= 11 is 0. The maximum Gasteiger partial charge on any atom is 0.371 e. The maximum absolute atomic E-state index is 12.0. The summed E-state index contributed by atoms with van der Waals surface area (Å²) in [6, 6.07) is 11.7. The first kappa shape index (κ1) is 14.0. The van der Waals surface area contributed by atoms with Gasteiger partial charge < -0.3 is 9.52 Å². The summed E-state index contributed by atoms with van der Waals surface area (Å²) in [5.41, 5.74) is 1.41. The van der Waals surface area contributed by atoms with Gasteiger partial charge in [-0.25, -0.2) is 4.79 Å². The Bertz CT molecular complexity index is 682. The number of carboxylic acids is 1. The zero-order chi connectivity index (χ0) is 14.5. The van der Waals surface area contributed by atoms with Crippen LogP contribution in [0.15, 0.2) is 40.8 Å². The van der Waals surface area contributed by atoms with Gasteiger partial charge in [-0.1, -0.05) is 12.1 Å². The van der Waals surface area contributed by atoms with Crippen LogP contribution in [0.4, 0.5) is 0 Å². The van der Waals surface area contributed by atoms with E-state index in [9.17, 15) is 9.00 Å². The Kier molecular flexibility index (Phi) is 4.33. The fourth-order valence-electron chi connectivity index (χ4n) is 1.64. The zero-order valence-electron chi connectivity index (χ0n) is 10.4. The van der Waals surface area contributed by atoms with Gasteiger partial charge in [0.15, 0.2) is 0 Å². The molecule has 1 aromatic carbocycles. The fraction of sp³-hybridized carbons (Fsp3) is 0.143. The van der Waals surface area contributed by atoms with E-state index in [0.717, 1.165) is 5.56 Å². The summed E-state index contributed by atoms with van der Waals surface area (Å²) in [4.78, 5) is 10.7. The van der Waals surface area contributed by atoms with Crippen molar-refractivity contribution >= 4 is 16.8 Å². The van der Waals surface area contributed by atoms with Crippen molar-refractivity contribution in [3.63, 3.8) is 0 Å². The molecule has 6 heteroatoms. The van der Waals surface area contributed by atoms with E-state index in [1.54, 1.807) is 24.3 Å². The molecule has 0 aliphatic rings. The molecule has 0 radical (unpaired) electrons. The molecule has 0 fully saturated rings. The van der Waals surface area contributed by atoms with E-state index in [2.05, 4.69) is 0 Å². The van der Waals surface area contributed by atoms with Gasteiger partial charge >= 0.3 is 5.97 Å². The van der Waals surface area contributed by atoms with Gasteiger partial charge in [0.2, 0.25) is 5.76 Å². The number of furan rings is 1. The van der Waals surface area contributed by atoms with Gasteiger partial charge in [0, 0.05) is 16.6 Å². The van der Waals surface area contributed by atoms with Gasteiger partial charge in [-0.15, -0.1) is 0 Å². The first-order chi connectivity index (χ1) is 9.58. The normalized spacial score (nSPS) is 11.8. The van der Waals surface area contributed by atoms with Crippen LogP contribution in [0.1, 0.15) is 27.4 Å². The van der Waals surface area contributed by atoms with Crippen LogP contribution < -0.4 is 0 Å². The molecule has 1 atom stereocenters. The molecule has 0 aliphatic heterocycles. The summed E-state index contributed by atoms with van der Waals surface area (Å²) in [7, 11) is -1.20. The molecular formula is C14H11NO4S. The minimum Gasteiger partial charge on any atom is -0.475 e. The van der Waals surface area contributed by atoms with Crippen molar-refractivity contribution in [2.75, 3.05) is 0 Å². The number of carbonyl (C=O) groups is 1. The number of aromatic carboxylic acids is 1. The monoisotopic (exact) mass is 289 g/mol. The number of hydrogen-bond acceptors (Lipinski definition) is 4. The second-order valence-corrected chi connectivity index (χ2v) is 5.57.